The van der Waals surface area contributed by atoms with Crippen LogP contribution in [0.15, 0.2) is 41.3 Å². The maximum atomic E-state index is 11.1. The van der Waals surface area contributed by atoms with Gasteiger partial charge in [0, 0.05) is 43.7 Å². The van der Waals surface area contributed by atoms with Crippen molar-refractivity contribution < 1.29 is 4.79 Å². The lowest BCUT2D eigenvalue weighted by Crippen LogP contribution is -2.22. The highest BCUT2D eigenvalue weighted by molar-refractivity contribution is 7.99. The number of amides is 1. The number of hydrogen-bond donors (Lipinski definition) is 3. The molecule has 0 spiro atoms. The lowest BCUT2D eigenvalue weighted by atomic mass is 10.1. The number of nitrogens with zero attached hydrogens (tertiary/aromatic N) is 4. The molecule has 0 fully saturated rings. The monoisotopic (exact) mass is 441 g/mol. The summed E-state index contributed by atoms with van der Waals surface area (Å²) in [5.74, 6) is 1.38. The number of imidazole rings is 1. The van der Waals surface area contributed by atoms with Crippen molar-refractivity contribution in [2.75, 3.05) is 24.2 Å². The molecule has 30 heavy (non-hydrogen) atoms. The molecule has 0 aliphatic carbocycles. The van der Waals surface area contributed by atoms with Gasteiger partial charge in [0.05, 0.1) is 17.6 Å². The Kier molecular flexibility index (Phi) is 6.05. The second-order valence-electron chi connectivity index (χ2n) is 7.03. The van der Waals surface area contributed by atoms with Gasteiger partial charge in [0.1, 0.15) is 10.0 Å². The molecule has 0 bridgehead atoms. The van der Waals surface area contributed by atoms with Gasteiger partial charge in [-0.3, -0.25) is 9.20 Å². The van der Waals surface area contributed by atoms with Crippen molar-refractivity contribution in [3.05, 3.63) is 47.7 Å². The summed E-state index contributed by atoms with van der Waals surface area (Å²) in [6, 6.07) is 1.99. The highest BCUT2D eigenvalue weighted by Gasteiger charge is 2.16. The highest BCUT2D eigenvalue weighted by Crippen LogP contribution is 2.29. The molecule has 10 heteroatoms. The van der Waals surface area contributed by atoms with Crippen molar-refractivity contribution in [3.63, 3.8) is 0 Å². The van der Waals surface area contributed by atoms with E-state index < -0.39 is 0 Å². The second-order valence-corrected chi connectivity index (χ2v) is 8.95. The van der Waals surface area contributed by atoms with Crippen molar-refractivity contribution >= 4 is 51.2 Å². The third-order valence-corrected chi connectivity index (χ3v) is 6.10. The van der Waals surface area contributed by atoms with E-state index in [1.807, 2.05) is 31.6 Å². The van der Waals surface area contributed by atoms with E-state index >= 15 is 0 Å². The molecule has 0 saturated heterocycles. The molecule has 0 atom stereocenters. The first-order valence-electron chi connectivity index (χ1n) is 9.56. The minimum atomic E-state index is -0.0299. The molecule has 156 valence electrons. The molecule has 1 aliphatic rings. The van der Waals surface area contributed by atoms with Crippen molar-refractivity contribution in [1.82, 2.24) is 29.4 Å². The Labute approximate surface area is 183 Å². The average molecular weight is 442 g/mol. The molecule has 0 unspecified atom stereocenters. The predicted octanol–water partition coefficient (Wildman–Crippen LogP) is 3.36. The number of carbonyl (C=O) groups is 1. The second kappa shape index (κ2) is 8.88. The molecule has 0 saturated carbocycles. The van der Waals surface area contributed by atoms with Gasteiger partial charge in [0.25, 0.3) is 0 Å². The predicted molar refractivity (Wildman–Crippen MR) is 122 cm³/mol. The topological polar surface area (TPSA) is 96.2 Å². The number of nitrogens with one attached hydrogen (secondary N) is 3. The molecular weight excluding hydrogens is 418 g/mol. The van der Waals surface area contributed by atoms with E-state index in [1.165, 1.54) is 24.0 Å². The highest BCUT2D eigenvalue weighted by atomic mass is 32.2. The zero-order chi connectivity index (χ0) is 21.1. The number of anilines is 2. The van der Waals surface area contributed by atoms with Crippen LogP contribution in [0.3, 0.4) is 0 Å². The van der Waals surface area contributed by atoms with Gasteiger partial charge in [-0.1, -0.05) is 11.6 Å². The fourth-order valence-corrected chi connectivity index (χ4v) is 4.49. The summed E-state index contributed by atoms with van der Waals surface area (Å²) in [6.07, 6.45) is 8.05. The first kappa shape index (κ1) is 20.4. The SMILES string of the molecule is CC(=O)NCCSc1cn2c(C3=CNCC(C)=C3)cnc2c(Nc2cc(C)ns2)n1. The van der Waals surface area contributed by atoms with Gasteiger partial charge in [0.2, 0.25) is 5.91 Å². The minimum absolute atomic E-state index is 0.0299. The van der Waals surface area contributed by atoms with E-state index in [0.717, 1.165) is 44.9 Å². The number of carbonyl (C=O) groups excluding carboxylic acids is 1. The summed E-state index contributed by atoms with van der Waals surface area (Å²) in [5, 5.41) is 11.3. The Balaban J connectivity index is 1.70. The lowest BCUT2D eigenvalue weighted by molar-refractivity contribution is -0.118. The summed E-state index contributed by atoms with van der Waals surface area (Å²) in [4.78, 5) is 20.5. The molecule has 0 radical (unpaired) electrons. The molecule has 4 rings (SSSR count). The Morgan fingerprint density at radius 1 is 1.40 bits per heavy atom. The maximum Gasteiger partial charge on any atom is 0.216 e. The van der Waals surface area contributed by atoms with Gasteiger partial charge < -0.3 is 16.0 Å². The third kappa shape index (κ3) is 4.65. The zero-order valence-electron chi connectivity index (χ0n) is 17.0. The zero-order valence-corrected chi connectivity index (χ0v) is 18.7. The molecule has 4 heterocycles. The summed E-state index contributed by atoms with van der Waals surface area (Å²) in [6.45, 7) is 7.03. The number of fused-ring (bicyclic) bond motifs is 1. The number of thioether (sulfide) groups is 1. The molecule has 3 N–H and O–H groups in total. The van der Waals surface area contributed by atoms with Gasteiger partial charge in [-0.25, -0.2) is 9.97 Å². The number of dihydropyridines is 1. The van der Waals surface area contributed by atoms with Crippen LogP contribution >= 0.6 is 23.3 Å². The van der Waals surface area contributed by atoms with E-state index in [9.17, 15) is 4.79 Å². The minimum Gasteiger partial charge on any atom is -0.387 e. The number of aryl methyl sites for hydroxylation is 1. The smallest absolute Gasteiger partial charge is 0.216 e. The first-order valence-corrected chi connectivity index (χ1v) is 11.3. The van der Waals surface area contributed by atoms with Crippen LogP contribution in [-0.4, -0.2) is 43.5 Å². The fourth-order valence-electron chi connectivity index (χ4n) is 3.08. The fraction of sp³-hybridized carbons (Fsp3) is 0.300. The largest absolute Gasteiger partial charge is 0.387 e. The van der Waals surface area contributed by atoms with Crippen molar-refractivity contribution in [1.29, 1.82) is 0 Å². The molecular formula is C20H23N7OS2. The van der Waals surface area contributed by atoms with Crippen LogP contribution in [0, 0.1) is 6.92 Å². The number of hydrogen-bond acceptors (Lipinski definition) is 8. The van der Waals surface area contributed by atoms with E-state index in [-0.39, 0.29) is 5.91 Å². The van der Waals surface area contributed by atoms with Crippen molar-refractivity contribution in [2.24, 2.45) is 0 Å². The summed E-state index contributed by atoms with van der Waals surface area (Å²) in [5.41, 5.74) is 5.04. The number of aromatic nitrogens is 4. The van der Waals surface area contributed by atoms with Crippen LogP contribution in [-0.2, 0) is 4.79 Å². The Hall–Kier alpha value is -2.85. The quantitative estimate of drug-likeness (QED) is 0.382. The standard InChI is InChI=1S/C20H23N7OS2/c1-12-6-15(9-21-8-12)16-10-23-20-19(24-17-7-13(2)26-30-17)25-18(11-27(16)20)29-5-4-22-14(3)28/h6-7,9-11,21H,4-5,8H2,1-3H3,(H,22,28)(H,24,25). The van der Waals surface area contributed by atoms with Crippen LogP contribution < -0.4 is 16.0 Å². The summed E-state index contributed by atoms with van der Waals surface area (Å²) >= 11 is 2.98. The van der Waals surface area contributed by atoms with Crippen LogP contribution in [0.5, 0.6) is 0 Å². The Bertz CT molecular complexity index is 1150. The number of rotatable bonds is 7. The Morgan fingerprint density at radius 3 is 3.00 bits per heavy atom. The molecule has 1 amide bonds. The Morgan fingerprint density at radius 2 is 2.27 bits per heavy atom. The van der Waals surface area contributed by atoms with Gasteiger partial charge >= 0.3 is 0 Å². The van der Waals surface area contributed by atoms with Crippen molar-refractivity contribution in [3.8, 4) is 0 Å². The van der Waals surface area contributed by atoms with Crippen LogP contribution in [0.25, 0.3) is 11.2 Å². The average Bonchev–Trinajstić information content (AvgIpc) is 3.31. The summed E-state index contributed by atoms with van der Waals surface area (Å²) in [7, 11) is 0. The maximum absolute atomic E-state index is 11.1. The van der Waals surface area contributed by atoms with E-state index in [0.29, 0.717) is 12.4 Å². The van der Waals surface area contributed by atoms with E-state index in [2.05, 4.69) is 42.7 Å². The molecule has 3 aromatic heterocycles. The lowest BCUT2D eigenvalue weighted by Gasteiger charge is -2.14. The normalized spacial score (nSPS) is 13.6. The van der Waals surface area contributed by atoms with Gasteiger partial charge in [-0.15, -0.1) is 11.8 Å². The van der Waals surface area contributed by atoms with Crippen molar-refractivity contribution in [2.45, 2.75) is 25.8 Å². The van der Waals surface area contributed by atoms with Crippen LogP contribution in [0.4, 0.5) is 10.8 Å². The van der Waals surface area contributed by atoms with Crippen LogP contribution in [0.1, 0.15) is 25.2 Å². The van der Waals surface area contributed by atoms with Gasteiger partial charge in [-0.2, -0.15) is 4.37 Å². The molecule has 0 aromatic carbocycles. The van der Waals surface area contributed by atoms with Crippen LogP contribution in [0.2, 0.25) is 0 Å². The molecule has 8 nitrogen and oxygen atoms in total. The van der Waals surface area contributed by atoms with Gasteiger partial charge in [-0.05, 0) is 31.4 Å². The van der Waals surface area contributed by atoms with Gasteiger partial charge in [0.15, 0.2) is 11.5 Å². The number of allylic oxidation sites excluding steroid dienone is 2. The molecule has 3 aromatic rings. The van der Waals surface area contributed by atoms with E-state index in [1.54, 1.807) is 11.8 Å². The van der Waals surface area contributed by atoms with E-state index in [4.69, 9.17) is 4.98 Å². The molecule has 1 aliphatic heterocycles. The third-order valence-electron chi connectivity index (χ3n) is 4.40. The first-order chi connectivity index (χ1) is 14.5. The summed E-state index contributed by atoms with van der Waals surface area (Å²) < 4.78 is 6.40.